The maximum absolute atomic E-state index is 6.11. The number of hydrogen-bond acceptors (Lipinski definition) is 1. The standard InChI is InChI=1S/C18H22ClN3/c19-16-7-4-8-17(13-16)21-9-11-22(12-10-21)18(14-20)15-5-2-1-3-6-15/h1-8,13,18H,9-12,14,20H2/p+2/t18-/m1/s1. The second-order valence-electron chi connectivity index (χ2n) is 5.88. The normalized spacial score (nSPS) is 17.5. The molecule has 0 unspecified atom stereocenters. The van der Waals surface area contributed by atoms with Crippen molar-refractivity contribution in [2.75, 3.05) is 37.6 Å². The van der Waals surface area contributed by atoms with E-state index >= 15 is 0 Å². The molecule has 0 aliphatic carbocycles. The van der Waals surface area contributed by atoms with E-state index in [1.807, 2.05) is 12.1 Å². The quantitative estimate of drug-likeness (QED) is 0.868. The molecule has 1 fully saturated rings. The molecular weight excluding hydrogens is 294 g/mol. The van der Waals surface area contributed by atoms with Crippen molar-refractivity contribution in [2.24, 2.45) is 0 Å². The lowest BCUT2D eigenvalue weighted by Gasteiger charge is -2.36. The summed E-state index contributed by atoms with van der Waals surface area (Å²) in [4.78, 5) is 4.07. The van der Waals surface area contributed by atoms with Gasteiger partial charge in [-0.3, -0.25) is 0 Å². The van der Waals surface area contributed by atoms with Crippen LogP contribution in [0.25, 0.3) is 0 Å². The second-order valence-corrected chi connectivity index (χ2v) is 6.31. The maximum Gasteiger partial charge on any atom is 0.163 e. The largest absolute Gasteiger partial charge is 0.360 e. The van der Waals surface area contributed by atoms with E-state index in [-0.39, 0.29) is 0 Å². The van der Waals surface area contributed by atoms with Crippen molar-refractivity contribution >= 4 is 17.3 Å². The Labute approximate surface area is 137 Å². The van der Waals surface area contributed by atoms with E-state index in [0.717, 1.165) is 37.7 Å². The first-order valence-corrected chi connectivity index (χ1v) is 8.35. The zero-order valence-corrected chi connectivity index (χ0v) is 13.6. The summed E-state index contributed by atoms with van der Waals surface area (Å²) in [7, 11) is 0. The predicted molar refractivity (Wildman–Crippen MR) is 91.3 cm³/mol. The fraction of sp³-hybridized carbons (Fsp3) is 0.333. The summed E-state index contributed by atoms with van der Waals surface area (Å²) in [6.45, 7) is 5.36. The van der Waals surface area contributed by atoms with E-state index in [1.165, 1.54) is 11.3 Å². The molecule has 0 spiro atoms. The van der Waals surface area contributed by atoms with Crippen molar-refractivity contribution in [3.63, 3.8) is 0 Å². The summed E-state index contributed by atoms with van der Waals surface area (Å²) in [6, 6.07) is 19.5. The van der Waals surface area contributed by atoms with E-state index in [2.05, 4.69) is 53.1 Å². The summed E-state index contributed by atoms with van der Waals surface area (Å²) in [5, 5.41) is 0.812. The Kier molecular flexibility index (Phi) is 4.98. The van der Waals surface area contributed by atoms with Crippen LogP contribution in [0.4, 0.5) is 5.69 Å². The molecule has 4 N–H and O–H groups in total. The molecule has 1 heterocycles. The minimum Gasteiger partial charge on any atom is -0.360 e. The first-order valence-electron chi connectivity index (χ1n) is 7.97. The molecule has 1 saturated heterocycles. The molecule has 2 aromatic carbocycles. The van der Waals surface area contributed by atoms with Gasteiger partial charge in [-0.2, -0.15) is 0 Å². The zero-order valence-electron chi connectivity index (χ0n) is 12.8. The van der Waals surface area contributed by atoms with Gasteiger partial charge in [0.15, 0.2) is 6.04 Å². The predicted octanol–water partition coefficient (Wildman–Crippen LogP) is 1.03. The van der Waals surface area contributed by atoms with Crippen molar-refractivity contribution < 1.29 is 10.6 Å². The number of nitrogens with one attached hydrogen (secondary N) is 1. The van der Waals surface area contributed by atoms with Crippen molar-refractivity contribution in [1.82, 2.24) is 0 Å². The third-order valence-corrected chi connectivity index (χ3v) is 4.80. The molecule has 3 rings (SSSR count). The van der Waals surface area contributed by atoms with Gasteiger partial charge in [0.25, 0.3) is 0 Å². The van der Waals surface area contributed by atoms with Crippen molar-refractivity contribution in [3.8, 4) is 0 Å². The summed E-state index contributed by atoms with van der Waals surface area (Å²) in [5.41, 5.74) is 6.81. The number of nitrogens with zero attached hydrogens (tertiary/aromatic N) is 1. The van der Waals surface area contributed by atoms with E-state index in [4.69, 9.17) is 11.6 Å². The molecule has 1 aliphatic rings. The number of benzene rings is 2. The van der Waals surface area contributed by atoms with Gasteiger partial charge in [-0.15, -0.1) is 0 Å². The third-order valence-electron chi connectivity index (χ3n) is 4.56. The lowest BCUT2D eigenvalue weighted by Crippen LogP contribution is -3.16. The fourth-order valence-electron chi connectivity index (χ4n) is 3.37. The Hall–Kier alpha value is -1.55. The molecular formula is C18H24ClN3+2. The smallest absolute Gasteiger partial charge is 0.163 e. The molecule has 1 aliphatic heterocycles. The van der Waals surface area contributed by atoms with Crippen LogP contribution in [-0.2, 0) is 0 Å². The SMILES string of the molecule is [NH3+]C[C@H](c1ccccc1)[NH+]1CCN(c2cccc(Cl)c2)CC1. The highest BCUT2D eigenvalue weighted by atomic mass is 35.5. The van der Waals surface area contributed by atoms with Crippen LogP contribution in [0.3, 0.4) is 0 Å². The molecule has 0 amide bonds. The molecule has 1 atom stereocenters. The highest BCUT2D eigenvalue weighted by Gasteiger charge is 2.28. The Morgan fingerprint density at radius 2 is 1.77 bits per heavy atom. The molecule has 0 bridgehead atoms. The number of hydrogen-bond donors (Lipinski definition) is 2. The van der Waals surface area contributed by atoms with Crippen LogP contribution in [0.5, 0.6) is 0 Å². The number of piperazine rings is 1. The van der Waals surface area contributed by atoms with Crippen molar-refractivity contribution in [2.45, 2.75) is 6.04 Å². The minimum atomic E-state index is 0.503. The average molecular weight is 318 g/mol. The lowest BCUT2D eigenvalue weighted by atomic mass is 10.0. The van der Waals surface area contributed by atoms with Gasteiger partial charge in [0.1, 0.15) is 6.54 Å². The lowest BCUT2D eigenvalue weighted by molar-refractivity contribution is -0.938. The molecule has 4 heteroatoms. The minimum absolute atomic E-state index is 0.503. The van der Waals surface area contributed by atoms with Gasteiger partial charge in [-0.05, 0) is 18.2 Å². The molecule has 0 radical (unpaired) electrons. The number of halogens is 1. The van der Waals surface area contributed by atoms with Crippen LogP contribution in [0.1, 0.15) is 11.6 Å². The van der Waals surface area contributed by atoms with Crippen LogP contribution in [0.2, 0.25) is 5.02 Å². The summed E-state index contributed by atoms with van der Waals surface area (Å²) >= 11 is 6.11. The topological polar surface area (TPSA) is 35.3 Å². The summed E-state index contributed by atoms with van der Waals surface area (Å²) in [5.74, 6) is 0. The van der Waals surface area contributed by atoms with Gasteiger partial charge in [0.05, 0.1) is 26.2 Å². The van der Waals surface area contributed by atoms with E-state index < -0.39 is 0 Å². The van der Waals surface area contributed by atoms with Crippen molar-refractivity contribution in [3.05, 3.63) is 65.2 Å². The van der Waals surface area contributed by atoms with Gasteiger partial charge in [-0.1, -0.05) is 48.0 Å². The average Bonchev–Trinajstić information content (AvgIpc) is 2.57. The maximum atomic E-state index is 6.11. The van der Waals surface area contributed by atoms with Crippen LogP contribution in [0.15, 0.2) is 54.6 Å². The summed E-state index contributed by atoms with van der Waals surface area (Å²) < 4.78 is 0. The highest BCUT2D eigenvalue weighted by molar-refractivity contribution is 6.30. The van der Waals surface area contributed by atoms with Crippen LogP contribution >= 0.6 is 11.6 Å². The monoisotopic (exact) mass is 317 g/mol. The second kappa shape index (κ2) is 7.14. The first-order chi connectivity index (χ1) is 10.8. The third kappa shape index (κ3) is 3.43. The highest BCUT2D eigenvalue weighted by Crippen LogP contribution is 2.19. The van der Waals surface area contributed by atoms with Crippen LogP contribution in [-0.4, -0.2) is 32.7 Å². The number of quaternary nitrogens is 2. The van der Waals surface area contributed by atoms with Gasteiger partial charge >= 0.3 is 0 Å². The van der Waals surface area contributed by atoms with E-state index in [1.54, 1.807) is 4.90 Å². The van der Waals surface area contributed by atoms with Gasteiger partial charge in [-0.25, -0.2) is 0 Å². The molecule has 0 saturated carbocycles. The van der Waals surface area contributed by atoms with Gasteiger partial charge in [0.2, 0.25) is 0 Å². The number of rotatable bonds is 4. The van der Waals surface area contributed by atoms with Gasteiger partial charge < -0.3 is 15.5 Å². The number of anilines is 1. The van der Waals surface area contributed by atoms with Crippen LogP contribution in [0, 0.1) is 0 Å². The van der Waals surface area contributed by atoms with Crippen molar-refractivity contribution in [1.29, 1.82) is 0 Å². The Bertz CT molecular complexity index is 594. The van der Waals surface area contributed by atoms with E-state index in [9.17, 15) is 0 Å². The molecule has 0 aromatic heterocycles. The Morgan fingerprint density at radius 1 is 1.05 bits per heavy atom. The first kappa shape index (κ1) is 15.3. The van der Waals surface area contributed by atoms with E-state index in [0.29, 0.717) is 6.04 Å². The molecule has 2 aromatic rings. The summed E-state index contributed by atoms with van der Waals surface area (Å²) in [6.07, 6.45) is 0. The van der Waals surface area contributed by atoms with Crippen LogP contribution < -0.4 is 15.5 Å². The molecule has 22 heavy (non-hydrogen) atoms. The molecule has 116 valence electrons. The molecule has 3 nitrogen and oxygen atoms in total. The fourth-order valence-corrected chi connectivity index (χ4v) is 3.55. The zero-order chi connectivity index (χ0) is 15.4. The Morgan fingerprint density at radius 3 is 2.41 bits per heavy atom. The van der Waals surface area contributed by atoms with Gasteiger partial charge in [0, 0.05) is 16.3 Å². The Balaban J connectivity index is 1.66.